The van der Waals surface area contributed by atoms with Crippen molar-refractivity contribution in [2.24, 2.45) is 5.41 Å². The van der Waals surface area contributed by atoms with Crippen LogP contribution < -0.4 is 11.1 Å². The number of pyridine rings is 1. The zero-order chi connectivity index (χ0) is 34.4. The van der Waals surface area contributed by atoms with E-state index in [0.29, 0.717) is 19.0 Å². The number of ether oxygens (including phenoxy) is 1. The molecule has 0 atom stereocenters. The Morgan fingerprint density at radius 1 is 1.00 bits per heavy atom. The number of hydrogen-bond donors (Lipinski definition) is 4. The van der Waals surface area contributed by atoms with Gasteiger partial charge in [0.25, 0.3) is 0 Å². The molecule has 5 N–H and O–H groups in total. The van der Waals surface area contributed by atoms with E-state index in [-0.39, 0.29) is 17.6 Å². The van der Waals surface area contributed by atoms with Gasteiger partial charge in [-0.05, 0) is 71.6 Å². The molecule has 0 radical (unpaired) electrons. The number of imidazole rings is 1. The first-order chi connectivity index (χ1) is 22.1. The number of unbranched alkanes of at least 4 members (excludes halogenated alkanes) is 1. The summed E-state index contributed by atoms with van der Waals surface area (Å²) >= 11 is 0. The monoisotopic (exact) mass is 653 g/mol. The van der Waals surface area contributed by atoms with Crippen molar-refractivity contribution in [3.8, 4) is 0 Å². The van der Waals surface area contributed by atoms with Crippen molar-refractivity contribution in [2.45, 2.75) is 105 Å². The molecule has 47 heavy (non-hydrogen) atoms. The minimum Gasteiger partial charge on any atom is -0.465 e. The fraction of sp³-hybridized carbons (Fsp3) is 0.694. The standard InChI is InChI=1S/C36H59N7O4/c1-8-9-12-29-39-30-31(43(29)23-34(2,3)24-44)27-14-13-26(22-28(27)38-32(30)37)11-10-16-41-18-20-42(21-19-41)17-15-36(6,7)47-25-35(4,5)40-33(45)46/h13-14,22,40,44H,8-12,15-21,23-25H2,1-7H3,(H2,37,38)(H,45,46). The number of aliphatic hydroxyl groups excluding tert-OH is 1. The summed E-state index contributed by atoms with van der Waals surface area (Å²) in [5.41, 5.74) is 9.22. The van der Waals surface area contributed by atoms with E-state index in [4.69, 9.17) is 25.5 Å². The Morgan fingerprint density at radius 2 is 1.68 bits per heavy atom. The number of hydrogen-bond acceptors (Lipinski definition) is 8. The van der Waals surface area contributed by atoms with E-state index < -0.39 is 11.6 Å². The van der Waals surface area contributed by atoms with Crippen LogP contribution in [0.5, 0.6) is 0 Å². The van der Waals surface area contributed by atoms with E-state index in [9.17, 15) is 9.90 Å². The summed E-state index contributed by atoms with van der Waals surface area (Å²) in [6.45, 7) is 21.5. The second kappa shape index (κ2) is 15.5. The summed E-state index contributed by atoms with van der Waals surface area (Å²) in [6, 6.07) is 6.59. The molecule has 1 amide bonds. The number of nitrogens with two attached hydrogens (primary N) is 1. The average Bonchev–Trinajstić information content (AvgIpc) is 3.36. The molecule has 1 saturated heterocycles. The smallest absolute Gasteiger partial charge is 0.405 e. The second-order valence-electron chi connectivity index (χ2n) is 15.5. The molecule has 2 aromatic heterocycles. The number of nitrogens with one attached hydrogen (secondary N) is 1. The van der Waals surface area contributed by atoms with Crippen molar-refractivity contribution in [2.75, 3.05) is 58.2 Å². The maximum atomic E-state index is 11.0. The molecule has 3 aromatic rings. The molecule has 0 unspecified atom stereocenters. The molecule has 1 aromatic carbocycles. The van der Waals surface area contributed by atoms with Crippen molar-refractivity contribution < 1.29 is 19.7 Å². The van der Waals surface area contributed by atoms with E-state index in [0.717, 1.165) is 106 Å². The summed E-state index contributed by atoms with van der Waals surface area (Å²) in [6.07, 6.45) is 4.93. The number of aromatic nitrogens is 3. The fourth-order valence-electron chi connectivity index (χ4n) is 6.28. The van der Waals surface area contributed by atoms with Crippen LogP contribution in [0.25, 0.3) is 21.9 Å². The van der Waals surface area contributed by atoms with E-state index in [1.54, 1.807) is 0 Å². The lowest BCUT2D eigenvalue weighted by atomic mass is 9.94. The molecule has 262 valence electrons. The molecule has 1 fully saturated rings. The summed E-state index contributed by atoms with van der Waals surface area (Å²) in [5.74, 6) is 1.48. The molecule has 0 aliphatic carbocycles. The van der Waals surface area contributed by atoms with Crippen LogP contribution in [0.4, 0.5) is 10.6 Å². The third-order valence-electron chi connectivity index (χ3n) is 9.32. The molecule has 3 heterocycles. The van der Waals surface area contributed by atoms with E-state index in [1.165, 1.54) is 5.56 Å². The van der Waals surface area contributed by atoms with Crippen LogP contribution in [-0.4, -0.2) is 104 Å². The number of nitrogen functional groups attached to an aromatic ring is 1. The predicted molar refractivity (Wildman–Crippen MR) is 190 cm³/mol. The summed E-state index contributed by atoms with van der Waals surface area (Å²) in [5, 5.41) is 22.7. The van der Waals surface area contributed by atoms with Crippen LogP contribution in [-0.2, 0) is 24.1 Å². The molecule has 4 rings (SSSR count). The Labute approximate surface area is 280 Å². The van der Waals surface area contributed by atoms with Gasteiger partial charge >= 0.3 is 6.09 Å². The number of rotatable bonds is 17. The Morgan fingerprint density at radius 3 is 2.32 bits per heavy atom. The Bertz CT molecular complexity index is 1490. The summed E-state index contributed by atoms with van der Waals surface area (Å²) in [7, 11) is 0. The van der Waals surface area contributed by atoms with Gasteiger partial charge < -0.3 is 40.4 Å². The SMILES string of the molecule is CCCCc1nc2c(N)nc3cc(CCCN4CCN(CCC(C)(C)OCC(C)(C)NC(=O)O)CC4)ccc3c2n1CC(C)(C)CO. The van der Waals surface area contributed by atoms with Crippen molar-refractivity contribution in [1.29, 1.82) is 0 Å². The molecular formula is C36H59N7O4. The fourth-order valence-corrected chi connectivity index (χ4v) is 6.28. The lowest BCUT2D eigenvalue weighted by molar-refractivity contribution is -0.0522. The van der Waals surface area contributed by atoms with Crippen molar-refractivity contribution in [3.05, 3.63) is 29.6 Å². The third-order valence-corrected chi connectivity index (χ3v) is 9.32. The molecule has 0 saturated carbocycles. The van der Waals surface area contributed by atoms with E-state index in [1.807, 2.05) is 13.8 Å². The molecule has 11 nitrogen and oxygen atoms in total. The lowest BCUT2D eigenvalue weighted by Crippen LogP contribution is -2.49. The number of aliphatic hydroxyl groups is 1. The number of fused-ring (bicyclic) bond motifs is 3. The zero-order valence-corrected chi connectivity index (χ0v) is 29.9. The van der Waals surface area contributed by atoms with Crippen LogP contribution in [0.1, 0.15) is 85.5 Å². The van der Waals surface area contributed by atoms with Crippen LogP contribution in [0.2, 0.25) is 0 Å². The van der Waals surface area contributed by atoms with Crippen LogP contribution in [0, 0.1) is 5.41 Å². The number of nitrogens with zero attached hydrogens (tertiary/aromatic N) is 5. The first-order valence-corrected chi connectivity index (χ1v) is 17.4. The highest BCUT2D eigenvalue weighted by Crippen LogP contribution is 2.32. The molecular weight excluding hydrogens is 594 g/mol. The van der Waals surface area contributed by atoms with Gasteiger partial charge in [-0.25, -0.2) is 14.8 Å². The van der Waals surface area contributed by atoms with Gasteiger partial charge in [-0.2, -0.15) is 0 Å². The number of anilines is 1. The maximum Gasteiger partial charge on any atom is 0.405 e. The first-order valence-electron chi connectivity index (χ1n) is 17.4. The topological polar surface area (TPSA) is 142 Å². The van der Waals surface area contributed by atoms with E-state index >= 15 is 0 Å². The third kappa shape index (κ3) is 10.2. The number of aryl methyl sites for hydroxylation is 2. The average molecular weight is 654 g/mol. The van der Waals surface area contributed by atoms with Gasteiger partial charge in [-0.3, -0.25) is 0 Å². The van der Waals surface area contributed by atoms with Crippen molar-refractivity contribution in [3.63, 3.8) is 0 Å². The van der Waals surface area contributed by atoms with Crippen LogP contribution in [0.3, 0.4) is 0 Å². The zero-order valence-electron chi connectivity index (χ0n) is 29.9. The number of carbonyl (C=O) groups is 1. The van der Waals surface area contributed by atoms with Gasteiger partial charge in [0.1, 0.15) is 11.3 Å². The van der Waals surface area contributed by atoms with Gasteiger partial charge in [-0.15, -0.1) is 0 Å². The van der Waals surface area contributed by atoms with Crippen LogP contribution in [0.15, 0.2) is 18.2 Å². The van der Waals surface area contributed by atoms with Crippen molar-refractivity contribution >= 4 is 33.8 Å². The number of carboxylic acid groups (broad SMARTS) is 1. The molecule has 0 spiro atoms. The van der Waals surface area contributed by atoms with Gasteiger partial charge in [-0.1, -0.05) is 39.3 Å². The van der Waals surface area contributed by atoms with E-state index in [2.05, 4.69) is 72.5 Å². The Hall–Kier alpha value is -2.99. The normalized spacial score (nSPS) is 15.6. The summed E-state index contributed by atoms with van der Waals surface area (Å²) in [4.78, 5) is 25.8. The van der Waals surface area contributed by atoms with Gasteiger partial charge in [0, 0.05) is 63.1 Å². The predicted octanol–water partition coefficient (Wildman–Crippen LogP) is 5.31. The number of amides is 1. The largest absolute Gasteiger partial charge is 0.465 e. The summed E-state index contributed by atoms with van der Waals surface area (Å²) < 4.78 is 8.39. The minimum absolute atomic E-state index is 0.0962. The van der Waals surface area contributed by atoms with Crippen LogP contribution >= 0.6 is 0 Å². The molecule has 1 aliphatic heterocycles. The molecule has 1 aliphatic rings. The maximum absolute atomic E-state index is 11.0. The first kappa shape index (κ1) is 36.8. The van der Waals surface area contributed by atoms with Gasteiger partial charge in [0.15, 0.2) is 5.82 Å². The lowest BCUT2D eigenvalue weighted by Gasteiger charge is -2.37. The van der Waals surface area contributed by atoms with Gasteiger partial charge in [0.2, 0.25) is 0 Å². The highest BCUT2D eigenvalue weighted by atomic mass is 16.5. The minimum atomic E-state index is -1.03. The quantitative estimate of drug-likeness (QED) is 0.153. The second-order valence-corrected chi connectivity index (χ2v) is 15.5. The molecule has 11 heteroatoms. The molecule has 0 bridgehead atoms. The Kier molecular flexibility index (Phi) is 12.1. The highest BCUT2D eigenvalue weighted by molar-refractivity contribution is 6.06. The number of benzene rings is 1. The van der Waals surface area contributed by atoms with Gasteiger partial charge in [0.05, 0.1) is 28.8 Å². The van der Waals surface area contributed by atoms with Crippen molar-refractivity contribution in [1.82, 2.24) is 29.7 Å². The highest BCUT2D eigenvalue weighted by Gasteiger charge is 2.28. The number of piperazine rings is 1. The Balaban J connectivity index is 1.31.